The topological polar surface area (TPSA) is 64.6 Å². The standard InChI is InChI=1S/C26H36O7/c1-27-19-10-8-18(9-11-19)16-28-22-21(20-17-29-25(31-20)12-4-2-5-13-25)30-24-23(22)32-26(33-24)14-6-3-7-15-26/h8-11,20-24H,2-7,12-17H2,1H3/t20-,21-,22+,23-,24-/m1/s1. The molecule has 182 valence electrons. The van der Waals surface area contributed by atoms with Gasteiger partial charge < -0.3 is 33.2 Å². The van der Waals surface area contributed by atoms with Gasteiger partial charge in [-0.1, -0.05) is 25.0 Å². The van der Waals surface area contributed by atoms with Gasteiger partial charge >= 0.3 is 0 Å². The lowest BCUT2D eigenvalue weighted by atomic mass is 9.94. The van der Waals surface area contributed by atoms with E-state index in [4.69, 9.17) is 33.2 Å². The smallest absolute Gasteiger partial charge is 0.190 e. The second-order valence-corrected chi connectivity index (χ2v) is 10.2. The van der Waals surface area contributed by atoms with Gasteiger partial charge in [0, 0.05) is 25.7 Å². The van der Waals surface area contributed by atoms with Gasteiger partial charge in [0.15, 0.2) is 17.9 Å². The van der Waals surface area contributed by atoms with E-state index in [0.717, 1.165) is 62.7 Å². The van der Waals surface area contributed by atoms with Gasteiger partial charge in [-0.15, -0.1) is 0 Å². The zero-order valence-corrected chi connectivity index (χ0v) is 19.5. The van der Waals surface area contributed by atoms with Crippen molar-refractivity contribution in [3.63, 3.8) is 0 Å². The highest BCUT2D eigenvalue weighted by Gasteiger charge is 2.61. The molecule has 0 radical (unpaired) electrons. The zero-order chi connectivity index (χ0) is 22.3. The molecule has 6 rings (SSSR count). The van der Waals surface area contributed by atoms with E-state index in [-0.39, 0.29) is 24.4 Å². The van der Waals surface area contributed by atoms with E-state index in [1.165, 1.54) is 12.8 Å². The molecule has 3 heterocycles. The van der Waals surface area contributed by atoms with Gasteiger partial charge in [0.05, 0.1) is 20.3 Å². The van der Waals surface area contributed by atoms with Gasteiger partial charge in [0.1, 0.15) is 30.2 Å². The Labute approximate surface area is 195 Å². The van der Waals surface area contributed by atoms with Crippen LogP contribution < -0.4 is 4.74 Å². The summed E-state index contributed by atoms with van der Waals surface area (Å²) >= 11 is 0. The summed E-state index contributed by atoms with van der Waals surface area (Å²) in [5.74, 6) is -0.128. The van der Waals surface area contributed by atoms with Crippen LogP contribution in [0.25, 0.3) is 0 Å². The van der Waals surface area contributed by atoms with Crippen LogP contribution in [0.4, 0.5) is 0 Å². The Morgan fingerprint density at radius 2 is 1.52 bits per heavy atom. The molecule has 0 amide bonds. The van der Waals surface area contributed by atoms with Crippen LogP contribution in [-0.2, 0) is 35.0 Å². The van der Waals surface area contributed by atoms with E-state index in [1.54, 1.807) is 7.11 Å². The Balaban J connectivity index is 1.18. The zero-order valence-electron chi connectivity index (χ0n) is 19.5. The third kappa shape index (κ3) is 4.32. The third-order valence-corrected chi connectivity index (χ3v) is 7.96. The summed E-state index contributed by atoms with van der Waals surface area (Å²) in [6, 6.07) is 7.97. The van der Waals surface area contributed by atoms with Crippen LogP contribution in [0.2, 0.25) is 0 Å². The molecule has 3 aliphatic heterocycles. The van der Waals surface area contributed by atoms with E-state index in [9.17, 15) is 0 Å². The number of rotatable bonds is 5. The van der Waals surface area contributed by atoms with Crippen molar-refractivity contribution in [2.75, 3.05) is 13.7 Å². The molecule has 0 aromatic heterocycles. The molecule has 2 spiro atoms. The summed E-state index contributed by atoms with van der Waals surface area (Å²) in [5.41, 5.74) is 1.08. The first-order chi connectivity index (χ1) is 16.2. The van der Waals surface area contributed by atoms with E-state index < -0.39 is 17.9 Å². The van der Waals surface area contributed by atoms with E-state index >= 15 is 0 Å². The SMILES string of the molecule is COc1ccc(CO[C@@H]2[C@H]3OC4(CCCCC4)O[C@H]3O[C@@H]2[C@H]2COC3(CCCCC3)O2)cc1. The van der Waals surface area contributed by atoms with Crippen LogP contribution in [0.1, 0.15) is 69.8 Å². The largest absolute Gasteiger partial charge is 0.497 e. The van der Waals surface area contributed by atoms with Crippen molar-refractivity contribution in [2.45, 2.75) is 113 Å². The Kier molecular flexibility index (Phi) is 6.14. The van der Waals surface area contributed by atoms with Crippen molar-refractivity contribution >= 4 is 0 Å². The van der Waals surface area contributed by atoms with Crippen molar-refractivity contribution in [1.82, 2.24) is 0 Å². The molecular weight excluding hydrogens is 424 g/mol. The maximum absolute atomic E-state index is 6.59. The van der Waals surface area contributed by atoms with E-state index in [2.05, 4.69) is 0 Å². The fourth-order valence-electron chi connectivity index (χ4n) is 6.18. The molecule has 1 aromatic carbocycles. The molecule has 0 unspecified atom stereocenters. The maximum Gasteiger partial charge on any atom is 0.190 e. The normalized spacial score (nSPS) is 36.9. The van der Waals surface area contributed by atoms with Crippen LogP contribution in [0.3, 0.4) is 0 Å². The van der Waals surface area contributed by atoms with Crippen molar-refractivity contribution in [3.8, 4) is 5.75 Å². The lowest BCUT2D eigenvalue weighted by Crippen LogP contribution is -2.45. The van der Waals surface area contributed by atoms with Crippen molar-refractivity contribution < 1.29 is 33.2 Å². The molecule has 3 saturated heterocycles. The molecule has 5 fully saturated rings. The van der Waals surface area contributed by atoms with E-state index in [1.807, 2.05) is 24.3 Å². The van der Waals surface area contributed by atoms with Crippen LogP contribution in [-0.4, -0.2) is 56.0 Å². The average Bonchev–Trinajstić information content (AvgIpc) is 3.50. The van der Waals surface area contributed by atoms with Crippen molar-refractivity contribution in [3.05, 3.63) is 29.8 Å². The molecule has 33 heavy (non-hydrogen) atoms. The molecule has 5 aliphatic rings. The number of fused-ring (bicyclic) bond motifs is 1. The number of ether oxygens (including phenoxy) is 7. The highest BCUT2D eigenvalue weighted by Crippen LogP contribution is 2.48. The molecule has 0 bridgehead atoms. The predicted molar refractivity (Wildman–Crippen MR) is 119 cm³/mol. The van der Waals surface area contributed by atoms with Gasteiger partial charge in [-0.3, -0.25) is 0 Å². The van der Waals surface area contributed by atoms with Crippen molar-refractivity contribution in [2.24, 2.45) is 0 Å². The average molecular weight is 461 g/mol. The quantitative estimate of drug-likeness (QED) is 0.643. The number of hydrogen-bond donors (Lipinski definition) is 0. The third-order valence-electron chi connectivity index (χ3n) is 7.96. The second kappa shape index (κ2) is 9.10. The number of methoxy groups -OCH3 is 1. The fourth-order valence-corrected chi connectivity index (χ4v) is 6.18. The van der Waals surface area contributed by atoms with Gasteiger partial charge in [-0.25, -0.2) is 0 Å². The first-order valence-electron chi connectivity index (χ1n) is 12.8. The minimum Gasteiger partial charge on any atom is -0.497 e. The number of benzene rings is 1. The molecule has 5 atom stereocenters. The monoisotopic (exact) mass is 460 g/mol. The maximum atomic E-state index is 6.59. The molecule has 0 N–H and O–H groups in total. The highest BCUT2D eigenvalue weighted by molar-refractivity contribution is 5.26. The Morgan fingerprint density at radius 3 is 2.21 bits per heavy atom. The lowest BCUT2D eigenvalue weighted by molar-refractivity contribution is -0.263. The van der Waals surface area contributed by atoms with Crippen LogP contribution in [0.15, 0.2) is 24.3 Å². The summed E-state index contributed by atoms with van der Waals surface area (Å²) in [4.78, 5) is 0. The van der Waals surface area contributed by atoms with Crippen LogP contribution >= 0.6 is 0 Å². The van der Waals surface area contributed by atoms with Gasteiger partial charge in [0.2, 0.25) is 0 Å². The number of hydrogen-bond acceptors (Lipinski definition) is 7. The summed E-state index contributed by atoms with van der Waals surface area (Å²) in [6.07, 6.45) is 9.40. The van der Waals surface area contributed by atoms with Crippen LogP contribution in [0, 0.1) is 0 Å². The first kappa shape index (κ1) is 22.3. The second-order valence-electron chi connectivity index (χ2n) is 10.2. The minimum atomic E-state index is -0.516. The molecular formula is C26H36O7. The Hall–Kier alpha value is -1.22. The van der Waals surface area contributed by atoms with Gasteiger partial charge in [0.25, 0.3) is 0 Å². The molecule has 2 aliphatic carbocycles. The Morgan fingerprint density at radius 1 is 0.818 bits per heavy atom. The summed E-state index contributed by atoms with van der Waals surface area (Å²) in [7, 11) is 1.67. The van der Waals surface area contributed by atoms with Crippen molar-refractivity contribution in [1.29, 1.82) is 0 Å². The molecule has 1 aromatic rings. The van der Waals surface area contributed by atoms with Crippen LogP contribution in [0.5, 0.6) is 5.75 Å². The molecule has 7 nitrogen and oxygen atoms in total. The summed E-state index contributed by atoms with van der Waals surface area (Å²) in [6.45, 7) is 0.991. The molecule has 2 saturated carbocycles. The molecule has 7 heteroatoms. The van der Waals surface area contributed by atoms with E-state index in [0.29, 0.717) is 13.2 Å². The first-order valence-corrected chi connectivity index (χ1v) is 12.8. The minimum absolute atomic E-state index is 0.177. The van der Waals surface area contributed by atoms with Gasteiger partial charge in [-0.2, -0.15) is 0 Å². The predicted octanol–water partition coefficient (Wildman–Crippen LogP) is 4.46. The summed E-state index contributed by atoms with van der Waals surface area (Å²) < 4.78 is 44.0. The summed E-state index contributed by atoms with van der Waals surface area (Å²) in [5, 5.41) is 0. The highest BCUT2D eigenvalue weighted by atomic mass is 16.9. The lowest BCUT2D eigenvalue weighted by Gasteiger charge is -2.35. The Bertz CT molecular complexity index is 799. The fraction of sp³-hybridized carbons (Fsp3) is 0.769. The van der Waals surface area contributed by atoms with Gasteiger partial charge in [-0.05, 0) is 43.4 Å².